The highest BCUT2D eigenvalue weighted by molar-refractivity contribution is 7.21. The number of hydrogen-bond acceptors (Lipinski definition) is 3. The minimum atomic E-state index is -0.874. The van der Waals surface area contributed by atoms with Gasteiger partial charge in [-0.3, -0.25) is 4.68 Å². The van der Waals surface area contributed by atoms with Crippen LogP contribution in [0.3, 0.4) is 0 Å². The van der Waals surface area contributed by atoms with E-state index in [4.69, 9.17) is 0 Å². The molecule has 0 bridgehead atoms. The summed E-state index contributed by atoms with van der Waals surface area (Å²) in [6.45, 7) is 2.45. The zero-order chi connectivity index (χ0) is 13.4. The van der Waals surface area contributed by atoms with E-state index in [0.29, 0.717) is 11.4 Å². The Balaban J connectivity index is 2.18. The largest absolute Gasteiger partial charge is 0.477 e. The predicted molar refractivity (Wildman–Crippen MR) is 74.9 cm³/mol. The lowest BCUT2D eigenvalue weighted by atomic mass is 10.1. The molecule has 1 N–H and O–H groups in total. The van der Waals surface area contributed by atoms with E-state index < -0.39 is 5.97 Å². The molecule has 96 valence electrons. The van der Waals surface area contributed by atoms with Crippen molar-refractivity contribution in [2.24, 2.45) is 0 Å². The van der Waals surface area contributed by atoms with Crippen molar-refractivity contribution in [2.75, 3.05) is 0 Å². The molecule has 4 nitrogen and oxygen atoms in total. The number of carboxylic acids is 1. The molecule has 0 aliphatic carbocycles. The maximum absolute atomic E-state index is 11.4. The van der Waals surface area contributed by atoms with Gasteiger partial charge in [0.25, 0.3) is 0 Å². The minimum Gasteiger partial charge on any atom is -0.477 e. The van der Waals surface area contributed by atoms with Gasteiger partial charge in [-0.1, -0.05) is 18.2 Å². The Kier molecular flexibility index (Phi) is 2.83. The van der Waals surface area contributed by atoms with Gasteiger partial charge in [-0.15, -0.1) is 11.3 Å². The van der Waals surface area contributed by atoms with Crippen LogP contribution in [-0.4, -0.2) is 20.9 Å². The van der Waals surface area contributed by atoms with Gasteiger partial charge in [0.15, 0.2) is 0 Å². The molecule has 0 fully saturated rings. The Labute approximate surface area is 113 Å². The number of aryl methyl sites for hydroxylation is 1. The highest BCUT2D eigenvalue weighted by atomic mass is 32.1. The number of carbonyl (C=O) groups is 1. The number of benzene rings is 1. The van der Waals surface area contributed by atoms with Crippen LogP contribution in [0.2, 0.25) is 0 Å². The molecular formula is C14H12N2O2S. The molecule has 0 unspecified atom stereocenters. The summed E-state index contributed by atoms with van der Waals surface area (Å²) in [4.78, 5) is 11.8. The fourth-order valence-electron chi connectivity index (χ4n) is 2.14. The number of thiophene rings is 1. The number of aromatic nitrogens is 2. The summed E-state index contributed by atoms with van der Waals surface area (Å²) in [7, 11) is 0. The molecule has 5 heteroatoms. The summed E-state index contributed by atoms with van der Waals surface area (Å²) in [6, 6.07) is 9.68. The number of aromatic carboxylic acids is 1. The van der Waals surface area contributed by atoms with E-state index in [1.54, 1.807) is 6.20 Å². The van der Waals surface area contributed by atoms with Gasteiger partial charge in [0.1, 0.15) is 4.88 Å². The summed E-state index contributed by atoms with van der Waals surface area (Å²) in [6.07, 6.45) is 1.73. The van der Waals surface area contributed by atoms with Crippen LogP contribution < -0.4 is 0 Å². The van der Waals surface area contributed by atoms with Gasteiger partial charge in [0.2, 0.25) is 0 Å². The van der Waals surface area contributed by atoms with Crippen LogP contribution in [0.4, 0.5) is 0 Å². The number of fused-ring (bicyclic) bond motifs is 1. The molecule has 2 aromatic heterocycles. The normalized spacial score (nSPS) is 11.0. The molecule has 19 heavy (non-hydrogen) atoms. The molecule has 0 radical (unpaired) electrons. The molecule has 1 aromatic carbocycles. The Bertz CT molecular complexity index is 758. The predicted octanol–water partition coefficient (Wildman–Crippen LogP) is 3.15. The van der Waals surface area contributed by atoms with Crippen LogP contribution in [0.25, 0.3) is 10.1 Å². The van der Waals surface area contributed by atoms with Crippen LogP contribution in [0, 0.1) is 6.92 Å². The molecule has 0 aliphatic rings. The van der Waals surface area contributed by atoms with Crippen molar-refractivity contribution in [3.05, 3.63) is 52.7 Å². The fourth-order valence-corrected chi connectivity index (χ4v) is 3.20. The topological polar surface area (TPSA) is 55.1 Å². The second kappa shape index (κ2) is 4.51. The zero-order valence-corrected chi connectivity index (χ0v) is 11.1. The van der Waals surface area contributed by atoms with Gasteiger partial charge in [0, 0.05) is 22.2 Å². The van der Waals surface area contributed by atoms with Gasteiger partial charge in [-0.05, 0) is 24.4 Å². The number of nitrogens with zero attached hydrogens (tertiary/aromatic N) is 2. The van der Waals surface area contributed by atoms with Crippen molar-refractivity contribution in [1.82, 2.24) is 9.78 Å². The lowest BCUT2D eigenvalue weighted by Crippen LogP contribution is -2.07. The van der Waals surface area contributed by atoms with E-state index in [9.17, 15) is 9.90 Å². The Morgan fingerprint density at radius 1 is 1.37 bits per heavy atom. The summed E-state index contributed by atoms with van der Waals surface area (Å²) < 4.78 is 2.82. The molecule has 0 saturated heterocycles. The molecule has 0 aliphatic heterocycles. The van der Waals surface area contributed by atoms with E-state index >= 15 is 0 Å². The fraction of sp³-hybridized carbons (Fsp3) is 0.143. The molecule has 3 rings (SSSR count). The Morgan fingerprint density at radius 2 is 2.16 bits per heavy atom. The van der Waals surface area contributed by atoms with Crippen molar-refractivity contribution in [3.63, 3.8) is 0 Å². The first-order valence-electron chi connectivity index (χ1n) is 5.89. The molecule has 0 saturated carbocycles. The van der Waals surface area contributed by atoms with E-state index in [0.717, 1.165) is 21.3 Å². The van der Waals surface area contributed by atoms with Gasteiger partial charge in [-0.2, -0.15) is 5.10 Å². The van der Waals surface area contributed by atoms with Crippen molar-refractivity contribution >= 4 is 27.4 Å². The van der Waals surface area contributed by atoms with Crippen molar-refractivity contribution < 1.29 is 9.90 Å². The summed E-state index contributed by atoms with van der Waals surface area (Å²) >= 11 is 1.32. The molecule has 0 amide bonds. The average Bonchev–Trinajstić information content (AvgIpc) is 2.95. The lowest BCUT2D eigenvalue weighted by Gasteiger charge is -2.05. The monoisotopic (exact) mass is 272 g/mol. The maximum atomic E-state index is 11.4. The van der Waals surface area contributed by atoms with Gasteiger partial charge in [0.05, 0.1) is 6.54 Å². The maximum Gasteiger partial charge on any atom is 0.346 e. The number of carboxylic acid groups (broad SMARTS) is 1. The average molecular weight is 272 g/mol. The summed E-state index contributed by atoms with van der Waals surface area (Å²) in [5.41, 5.74) is 1.85. The van der Waals surface area contributed by atoms with Crippen molar-refractivity contribution in [3.8, 4) is 0 Å². The molecule has 0 spiro atoms. The third-order valence-electron chi connectivity index (χ3n) is 3.13. The standard InChI is InChI=1S/C14H12N2O2S/c1-9-6-7-15-16(9)8-11-10-4-2-3-5-12(10)19-13(11)14(17)18/h2-7H,8H2,1H3,(H,17,18). The Hall–Kier alpha value is -2.14. The van der Waals surface area contributed by atoms with Crippen LogP contribution in [0.15, 0.2) is 36.5 Å². The van der Waals surface area contributed by atoms with Crippen LogP contribution in [-0.2, 0) is 6.54 Å². The molecule has 3 aromatic rings. The first kappa shape index (κ1) is 11.9. The first-order chi connectivity index (χ1) is 9.16. The first-order valence-corrected chi connectivity index (χ1v) is 6.70. The second-order valence-electron chi connectivity index (χ2n) is 4.34. The number of rotatable bonds is 3. The van der Waals surface area contributed by atoms with Gasteiger partial charge in [-0.25, -0.2) is 4.79 Å². The highest BCUT2D eigenvalue weighted by Gasteiger charge is 2.18. The van der Waals surface area contributed by atoms with Crippen LogP contribution in [0.1, 0.15) is 20.9 Å². The molecule has 0 atom stereocenters. The minimum absolute atomic E-state index is 0.399. The third kappa shape index (κ3) is 2.02. The molecular weight excluding hydrogens is 260 g/mol. The summed E-state index contributed by atoms with van der Waals surface area (Å²) in [5, 5.41) is 14.6. The van der Waals surface area contributed by atoms with E-state index in [-0.39, 0.29) is 0 Å². The quantitative estimate of drug-likeness (QED) is 0.796. The van der Waals surface area contributed by atoms with E-state index in [1.165, 1.54) is 11.3 Å². The number of hydrogen-bond donors (Lipinski definition) is 1. The van der Waals surface area contributed by atoms with Gasteiger partial charge < -0.3 is 5.11 Å². The van der Waals surface area contributed by atoms with Crippen molar-refractivity contribution in [1.29, 1.82) is 0 Å². The van der Waals surface area contributed by atoms with E-state index in [2.05, 4.69) is 5.10 Å². The lowest BCUT2D eigenvalue weighted by molar-refractivity contribution is 0.0701. The third-order valence-corrected chi connectivity index (χ3v) is 4.33. The smallest absolute Gasteiger partial charge is 0.346 e. The zero-order valence-electron chi connectivity index (χ0n) is 10.3. The summed E-state index contributed by atoms with van der Waals surface area (Å²) in [5.74, 6) is -0.874. The van der Waals surface area contributed by atoms with Crippen LogP contribution >= 0.6 is 11.3 Å². The van der Waals surface area contributed by atoms with E-state index in [1.807, 2.05) is 41.9 Å². The van der Waals surface area contributed by atoms with Crippen LogP contribution in [0.5, 0.6) is 0 Å². The SMILES string of the molecule is Cc1ccnn1Cc1c(C(=O)O)sc2ccccc12. The second-order valence-corrected chi connectivity index (χ2v) is 5.39. The Morgan fingerprint density at radius 3 is 2.84 bits per heavy atom. The van der Waals surface area contributed by atoms with Crippen molar-refractivity contribution in [2.45, 2.75) is 13.5 Å². The highest BCUT2D eigenvalue weighted by Crippen LogP contribution is 2.31. The van der Waals surface area contributed by atoms with Gasteiger partial charge >= 0.3 is 5.97 Å². The molecule has 2 heterocycles.